The summed E-state index contributed by atoms with van der Waals surface area (Å²) in [6, 6.07) is 6.85. The summed E-state index contributed by atoms with van der Waals surface area (Å²) in [7, 11) is 0. The van der Waals surface area contributed by atoms with Crippen LogP contribution in [0.25, 0.3) is 10.1 Å². The first-order chi connectivity index (χ1) is 10.6. The van der Waals surface area contributed by atoms with Gasteiger partial charge in [0.25, 0.3) is 5.91 Å². The monoisotopic (exact) mass is 314 g/mol. The Morgan fingerprint density at radius 2 is 2.18 bits per heavy atom. The molecule has 2 saturated heterocycles. The van der Waals surface area contributed by atoms with E-state index in [9.17, 15) is 9.59 Å². The second kappa shape index (κ2) is 5.18. The van der Waals surface area contributed by atoms with Crippen molar-refractivity contribution in [1.29, 1.82) is 0 Å². The van der Waals surface area contributed by atoms with Crippen molar-refractivity contribution in [1.82, 2.24) is 10.6 Å². The fourth-order valence-electron chi connectivity index (χ4n) is 3.68. The molecule has 2 bridgehead atoms. The molecule has 0 unspecified atom stereocenters. The van der Waals surface area contributed by atoms with Crippen molar-refractivity contribution in [3.63, 3.8) is 0 Å². The normalized spacial score (nSPS) is 26.5. The molecule has 1 aromatic heterocycles. The summed E-state index contributed by atoms with van der Waals surface area (Å²) in [5.74, 6) is 0.00284. The maximum Gasteiger partial charge on any atom is 0.251 e. The predicted octanol–water partition coefficient (Wildman–Crippen LogP) is 2.73. The van der Waals surface area contributed by atoms with Crippen LogP contribution in [0.3, 0.4) is 0 Å². The number of thiophene rings is 1. The number of rotatable bonds is 3. The fourth-order valence-corrected chi connectivity index (χ4v) is 4.66. The number of hydrogen-bond acceptors (Lipinski definition) is 4. The van der Waals surface area contributed by atoms with Gasteiger partial charge in [-0.1, -0.05) is 0 Å². The molecule has 0 saturated carbocycles. The molecule has 2 aliphatic heterocycles. The molecule has 5 heteroatoms. The molecule has 3 heterocycles. The highest BCUT2D eigenvalue weighted by molar-refractivity contribution is 7.17. The minimum atomic E-state index is -0.0399. The van der Waals surface area contributed by atoms with E-state index in [0.717, 1.165) is 22.9 Å². The second-order valence-corrected chi connectivity index (χ2v) is 7.19. The third-order valence-electron chi connectivity index (χ3n) is 4.83. The summed E-state index contributed by atoms with van der Waals surface area (Å²) in [4.78, 5) is 24.2. The average Bonchev–Trinajstić information content (AvgIpc) is 3.20. The third kappa shape index (κ3) is 2.25. The van der Waals surface area contributed by atoms with Crippen LogP contribution in [0.15, 0.2) is 23.6 Å². The van der Waals surface area contributed by atoms with Gasteiger partial charge in [-0.25, -0.2) is 0 Å². The Morgan fingerprint density at radius 1 is 1.32 bits per heavy atom. The van der Waals surface area contributed by atoms with E-state index in [1.807, 2.05) is 23.6 Å². The van der Waals surface area contributed by atoms with Gasteiger partial charge < -0.3 is 10.6 Å². The van der Waals surface area contributed by atoms with E-state index < -0.39 is 0 Å². The molecule has 114 valence electrons. The summed E-state index contributed by atoms with van der Waals surface area (Å²) < 4.78 is 1.04. The largest absolute Gasteiger partial charge is 0.348 e. The van der Waals surface area contributed by atoms with Gasteiger partial charge in [-0.15, -0.1) is 11.3 Å². The zero-order valence-corrected chi connectivity index (χ0v) is 13.2. The van der Waals surface area contributed by atoms with Gasteiger partial charge >= 0.3 is 0 Å². The van der Waals surface area contributed by atoms with E-state index in [4.69, 9.17) is 0 Å². The van der Waals surface area contributed by atoms with Crippen LogP contribution in [-0.4, -0.2) is 29.8 Å². The van der Waals surface area contributed by atoms with Gasteiger partial charge in [-0.05, 0) is 44.4 Å². The maximum absolute atomic E-state index is 12.5. The summed E-state index contributed by atoms with van der Waals surface area (Å²) in [5, 5.41) is 9.43. The molecular weight excluding hydrogens is 296 g/mol. The Bertz CT molecular complexity index is 767. The molecule has 4 nitrogen and oxygen atoms in total. The first kappa shape index (κ1) is 13.9. The second-order valence-electron chi connectivity index (χ2n) is 6.28. The zero-order chi connectivity index (χ0) is 15.3. The quantitative estimate of drug-likeness (QED) is 0.857. The van der Waals surface area contributed by atoms with Crippen molar-refractivity contribution >= 4 is 33.1 Å². The Kier molecular flexibility index (Phi) is 3.27. The van der Waals surface area contributed by atoms with E-state index in [-0.39, 0.29) is 17.7 Å². The number of fused-ring (bicyclic) bond motifs is 3. The number of amides is 1. The lowest BCUT2D eigenvalue weighted by Gasteiger charge is -2.21. The van der Waals surface area contributed by atoms with Crippen LogP contribution in [0.5, 0.6) is 0 Å². The minimum absolute atomic E-state index is 0.0399. The lowest BCUT2D eigenvalue weighted by molar-refractivity contribution is 0.0930. The maximum atomic E-state index is 12.5. The highest BCUT2D eigenvalue weighted by Gasteiger charge is 2.39. The highest BCUT2D eigenvalue weighted by Crippen LogP contribution is 2.30. The Hall–Kier alpha value is -1.72. The Labute approximate surface area is 132 Å². The van der Waals surface area contributed by atoms with Crippen LogP contribution in [0.2, 0.25) is 0 Å². The molecular formula is C17H18N2O2S. The molecule has 2 aliphatic rings. The molecule has 0 spiro atoms. The van der Waals surface area contributed by atoms with Gasteiger partial charge in [0, 0.05) is 44.7 Å². The Balaban J connectivity index is 1.59. The van der Waals surface area contributed by atoms with Crippen LogP contribution in [0.4, 0.5) is 0 Å². The van der Waals surface area contributed by atoms with Crippen LogP contribution in [-0.2, 0) is 0 Å². The molecule has 2 aromatic rings. The van der Waals surface area contributed by atoms with Crippen LogP contribution < -0.4 is 10.6 Å². The van der Waals surface area contributed by atoms with Crippen molar-refractivity contribution in [2.75, 3.05) is 0 Å². The van der Waals surface area contributed by atoms with Crippen LogP contribution in [0.1, 0.15) is 46.9 Å². The molecule has 1 amide bonds. The lowest BCUT2D eigenvalue weighted by atomic mass is 9.95. The molecule has 2 fully saturated rings. The highest BCUT2D eigenvalue weighted by atomic mass is 32.1. The molecule has 0 aliphatic carbocycles. The van der Waals surface area contributed by atoms with E-state index in [1.165, 1.54) is 6.42 Å². The molecule has 4 rings (SSSR count). The third-order valence-corrected chi connectivity index (χ3v) is 5.80. The molecule has 3 atom stereocenters. The van der Waals surface area contributed by atoms with Crippen LogP contribution >= 0.6 is 11.3 Å². The van der Waals surface area contributed by atoms with Gasteiger partial charge in [-0.2, -0.15) is 0 Å². The van der Waals surface area contributed by atoms with E-state index in [0.29, 0.717) is 23.2 Å². The van der Waals surface area contributed by atoms with Crippen molar-refractivity contribution in [2.45, 2.75) is 44.3 Å². The molecule has 22 heavy (non-hydrogen) atoms. The number of ketones is 1. The number of nitrogens with one attached hydrogen (secondary N) is 2. The number of benzene rings is 1. The van der Waals surface area contributed by atoms with Crippen LogP contribution in [0, 0.1) is 0 Å². The topological polar surface area (TPSA) is 58.2 Å². The standard InChI is InChI=1S/C17H18N2O2S/c1-9(20)13-8-22-16-5-2-10(6-12(13)16)17(21)19-15-7-11-3-4-14(15)18-11/h2,5-6,8,11,14-15,18H,3-4,7H2,1H3,(H,19,21)/t11-,14+,15-/m1/s1. The van der Waals surface area contributed by atoms with Crippen molar-refractivity contribution in [3.8, 4) is 0 Å². The number of Topliss-reactive ketones (excluding diaryl/α,β-unsaturated/α-hetero) is 1. The van der Waals surface area contributed by atoms with Crippen molar-refractivity contribution in [2.24, 2.45) is 0 Å². The number of hydrogen-bond donors (Lipinski definition) is 2. The van der Waals surface area contributed by atoms with Gasteiger partial charge in [0.15, 0.2) is 5.78 Å². The van der Waals surface area contributed by atoms with Crippen molar-refractivity contribution < 1.29 is 9.59 Å². The summed E-state index contributed by atoms with van der Waals surface area (Å²) in [6.07, 6.45) is 3.39. The predicted molar refractivity (Wildman–Crippen MR) is 87.6 cm³/mol. The first-order valence-electron chi connectivity index (χ1n) is 7.71. The molecule has 0 radical (unpaired) electrons. The zero-order valence-electron chi connectivity index (χ0n) is 12.4. The average molecular weight is 314 g/mol. The number of carbonyl (C=O) groups is 2. The smallest absolute Gasteiger partial charge is 0.251 e. The summed E-state index contributed by atoms with van der Waals surface area (Å²) in [6.45, 7) is 1.56. The van der Waals surface area contributed by atoms with Gasteiger partial charge in [0.2, 0.25) is 0 Å². The van der Waals surface area contributed by atoms with Gasteiger partial charge in [-0.3, -0.25) is 9.59 Å². The van der Waals surface area contributed by atoms with Crippen molar-refractivity contribution in [3.05, 3.63) is 34.7 Å². The van der Waals surface area contributed by atoms with E-state index >= 15 is 0 Å². The fraction of sp³-hybridized carbons (Fsp3) is 0.412. The SMILES string of the molecule is CC(=O)c1csc2ccc(C(=O)N[C@@H]3C[C@H]4CC[C@@H]3N4)cc12. The minimum Gasteiger partial charge on any atom is -0.348 e. The number of carbonyl (C=O) groups excluding carboxylic acids is 2. The van der Waals surface area contributed by atoms with Gasteiger partial charge in [0.05, 0.1) is 0 Å². The first-order valence-corrected chi connectivity index (χ1v) is 8.59. The van der Waals surface area contributed by atoms with Gasteiger partial charge in [0.1, 0.15) is 0 Å². The summed E-state index contributed by atoms with van der Waals surface area (Å²) in [5.41, 5.74) is 1.34. The molecule has 2 N–H and O–H groups in total. The van der Waals surface area contributed by atoms with E-state index in [1.54, 1.807) is 18.3 Å². The molecule has 1 aromatic carbocycles. The Morgan fingerprint density at radius 3 is 2.86 bits per heavy atom. The lowest BCUT2D eigenvalue weighted by Crippen LogP contribution is -2.42. The summed E-state index contributed by atoms with van der Waals surface area (Å²) >= 11 is 1.54. The van der Waals surface area contributed by atoms with E-state index in [2.05, 4.69) is 10.6 Å².